The lowest BCUT2D eigenvalue weighted by Crippen LogP contribution is -2.17. The Morgan fingerprint density at radius 1 is 0.821 bits per heavy atom. The van der Waals surface area contributed by atoms with Crippen LogP contribution in [0.5, 0.6) is 11.5 Å². The average Bonchev–Trinajstić information content (AvgIpc) is 2.73. The Hall–Kier alpha value is -2.85. The van der Waals surface area contributed by atoms with Crippen LogP contribution in [0.15, 0.2) is 72.8 Å². The molecule has 0 saturated carbocycles. The van der Waals surface area contributed by atoms with E-state index in [1.54, 1.807) is 6.07 Å². The zero-order valence-corrected chi connectivity index (χ0v) is 16.2. The summed E-state index contributed by atoms with van der Waals surface area (Å²) in [5.41, 5.74) is 2.95. The minimum atomic E-state index is -0.150. The zero-order valence-electron chi connectivity index (χ0n) is 16.2. The van der Waals surface area contributed by atoms with Gasteiger partial charge < -0.3 is 14.8 Å². The van der Waals surface area contributed by atoms with Crippen LogP contribution >= 0.6 is 0 Å². The average molecular weight is 379 g/mol. The molecule has 28 heavy (non-hydrogen) atoms. The zero-order chi connectivity index (χ0) is 19.6. The van der Waals surface area contributed by atoms with Crippen LogP contribution in [0.3, 0.4) is 0 Å². The summed E-state index contributed by atoms with van der Waals surface area (Å²) >= 11 is 0. The first-order valence-electron chi connectivity index (χ1n) is 9.63. The highest BCUT2D eigenvalue weighted by Gasteiger charge is 2.07. The minimum Gasteiger partial charge on any atom is -0.490 e. The summed E-state index contributed by atoms with van der Waals surface area (Å²) in [5, 5.41) is 3.36. The Balaban J connectivity index is 1.55. The molecule has 3 rings (SSSR count). The molecule has 4 heteroatoms. The smallest absolute Gasteiger partial charge is 0.161 e. The normalized spacial score (nSPS) is 10.6. The Morgan fingerprint density at radius 3 is 2.39 bits per heavy atom. The van der Waals surface area contributed by atoms with Crippen LogP contribution in [0.4, 0.5) is 4.39 Å². The van der Waals surface area contributed by atoms with Crippen molar-refractivity contribution in [1.29, 1.82) is 0 Å². The highest BCUT2D eigenvalue weighted by molar-refractivity contribution is 5.43. The maximum atomic E-state index is 13.7. The molecule has 0 saturated heterocycles. The molecule has 3 aromatic carbocycles. The van der Waals surface area contributed by atoms with Gasteiger partial charge in [-0.05, 0) is 54.8 Å². The molecule has 0 heterocycles. The summed E-state index contributed by atoms with van der Waals surface area (Å²) in [5.74, 6) is 1.33. The third-order valence-electron chi connectivity index (χ3n) is 4.40. The molecule has 3 nitrogen and oxygen atoms in total. The fourth-order valence-electron chi connectivity index (χ4n) is 2.94. The summed E-state index contributed by atoms with van der Waals surface area (Å²) in [6.07, 6.45) is 0.656. The lowest BCUT2D eigenvalue weighted by molar-refractivity contribution is 0.269. The second kappa shape index (κ2) is 10.5. The van der Waals surface area contributed by atoms with Crippen LogP contribution in [-0.4, -0.2) is 13.2 Å². The van der Waals surface area contributed by atoms with Gasteiger partial charge in [0.15, 0.2) is 11.5 Å². The fourth-order valence-corrected chi connectivity index (χ4v) is 2.94. The second-order valence-electron chi connectivity index (χ2n) is 6.51. The summed E-state index contributed by atoms with van der Waals surface area (Å²) in [6.45, 7) is 4.43. The predicted octanol–water partition coefficient (Wildman–Crippen LogP) is 5.14. The van der Waals surface area contributed by atoms with E-state index in [9.17, 15) is 4.39 Å². The topological polar surface area (TPSA) is 30.5 Å². The van der Waals surface area contributed by atoms with Gasteiger partial charge in [0, 0.05) is 6.54 Å². The van der Waals surface area contributed by atoms with Gasteiger partial charge in [0.25, 0.3) is 0 Å². The molecule has 0 atom stereocenters. The SMILES string of the molecule is CCOc1cc(CNCCc2ccccc2F)ccc1OCc1ccccc1. The van der Waals surface area contributed by atoms with Crippen molar-refractivity contribution in [1.82, 2.24) is 5.32 Å². The number of nitrogens with one attached hydrogen (secondary N) is 1. The van der Waals surface area contributed by atoms with E-state index in [2.05, 4.69) is 5.32 Å². The summed E-state index contributed by atoms with van der Waals surface area (Å²) in [7, 11) is 0. The molecule has 0 spiro atoms. The van der Waals surface area contributed by atoms with E-state index in [0.717, 1.165) is 28.2 Å². The van der Waals surface area contributed by atoms with E-state index in [0.29, 0.717) is 32.7 Å². The number of hydrogen-bond donors (Lipinski definition) is 1. The first-order valence-corrected chi connectivity index (χ1v) is 9.63. The second-order valence-corrected chi connectivity index (χ2v) is 6.51. The van der Waals surface area contributed by atoms with Gasteiger partial charge in [0.1, 0.15) is 12.4 Å². The van der Waals surface area contributed by atoms with Crippen LogP contribution in [-0.2, 0) is 19.6 Å². The van der Waals surface area contributed by atoms with Crippen LogP contribution < -0.4 is 14.8 Å². The van der Waals surface area contributed by atoms with Crippen LogP contribution in [0.1, 0.15) is 23.6 Å². The van der Waals surface area contributed by atoms with Gasteiger partial charge in [-0.3, -0.25) is 0 Å². The van der Waals surface area contributed by atoms with E-state index in [1.165, 1.54) is 6.07 Å². The number of rotatable bonds is 10. The number of ether oxygens (including phenoxy) is 2. The largest absolute Gasteiger partial charge is 0.490 e. The molecular formula is C24H26FNO2. The molecule has 0 aliphatic heterocycles. The number of benzene rings is 3. The Labute approximate surface area is 166 Å². The number of halogens is 1. The maximum absolute atomic E-state index is 13.7. The molecule has 0 aromatic heterocycles. The maximum Gasteiger partial charge on any atom is 0.161 e. The van der Waals surface area contributed by atoms with Crippen molar-refractivity contribution in [2.45, 2.75) is 26.5 Å². The molecule has 1 N–H and O–H groups in total. The quantitative estimate of drug-likeness (QED) is 0.495. The van der Waals surface area contributed by atoms with Gasteiger partial charge >= 0.3 is 0 Å². The molecule has 3 aromatic rings. The van der Waals surface area contributed by atoms with Gasteiger partial charge in [0.05, 0.1) is 6.61 Å². The van der Waals surface area contributed by atoms with Crippen molar-refractivity contribution in [2.24, 2.45) is 0 Å². The summed E-state index contributed by atoms with van der Waals surface area (Å²) in [4.78, 5) is 0. The van der Waals surface area contributed by atoms with Gasteiger partial charge in [-0.25, -0.2) is 4.39 Å². The minimum absolute atomic E-state index is 0.150. The van der Waals surface area contributed by atoms with E-state index in [4.69, 9.17) is 9.47 Å². The monoisotopic (exact) mass is 379 g/mol. The van der Waals surface area contributed by atoms with Gasteiger partial charge in [0.2, 0.25) is 0 Å². The van der Waals surface area contributed by atoms with Crippen molar-refractivity contribution in [2.75, 3.05) is 13.2 Å². The molecule has 146 valence electrons. The first kappa shape index (κ1) is 19.9. The fraction of sp³-hybridized carbons (Fsp3) is 0.250. The molecule has 0 amide bonds. The van der Waals surface area contributed by atoms with Gasteiger partial charge in [-0.1, -0.05) is 54.6 Å². The Kier molecular flexibility index (Phi) is 7.44. The lowest BCUT2D eigenvalue weighted by Gasteiger charge is -2.14. The molecule has 0 fully saturated rings. The summed E-state index contributed by atoms with van der Waals surface area (Å²) < 4.78 is 25.4. The van der Waals surface area contributed by atoms with E-state index in [-0.39, 0.29) is 5.82 Å². The van der Waals surface area contributed by atoms with Crippen LogP contribution in [0, 0.1) is 5.82 Å². The Morgan fingerprint density at radius 2 is 1.61 bits per heavy atom. The van der Waals surface area contributed by atoms with E-state index >= 15 is 0 Å². The highest BCUT2D eigenvalue weighted by atomic mass is 19.1. The van der Waals surface area contributed by atoms with Crippen molar-refractivity contribution in [3.05, 3.63) is 95.3 Å². The summed E-state index contributed by atoms with van der Waals surface area (Å²) in [6, 6.07) is 22.9. The van der Waals surface area contributed by atoms with Crippen molar-refractivity contribution in [3.8, 4) is 11.5 Å². The molecular weight excluding hydrogens is 353 g/mol. The van der Waals surface area contributed by atoms with Gasteiger partial charge in [-0.2, -0.15) is 0 Å². The lowest BCUT2D eigenvalue weighted by atomic mass is 10.1. The van der Waals surface area contributed by atoms with E-state index < -0.39 is 0 Å². The van der Waals surface area contributed by atoms with Crippen molar-refractivity contribution in [3.63, 3.8) is 0 Å². The van der Waals surface area contributed by atoms with Crippen LogP contribution in [0.25, 0.3) is 0 Å². The molecule has 0 bridgehead atoms. The predicted molar refractivity (Wildman–Crippen MR) is 110 cm³/mol. The van der Waals surface area contributed by atoms with Crippen molar-refractivity contribution < 1.29 is 13.9 Å². The molecule has 0 aliphatic carbocycles. The molecule has 0 aliphatic rings. The third-order valence-corrected chi connectivity index (χ3v) is 4.40. The van der Waals surface area contributed by atoms with Crippen molar-refractivity contribution >= 4 is 0 Å². The Bertz CT molecular complexity index is 867. The number of hydrogen-bond acceptors (Lipinski definition) is 3. The third kappa shape index (κ3) is 5.83. The first-order chi connectivity index (χ1) is 13.8. The molecule has 0 radical (unpaired) electrons. The van der Waals surface area contributed by atoms with Gasteiger partial charge in [-0.15, -0.1) is 0 Å². The van der Waals surface area contributed by atoms with Crippen LogP contribution in [0.2, 0.25) is 0 Å². The highest BCUT2D eigenvalue weighted by Crippen LogP contribution is 2.29. The molecule has 0 unspecified atom stereocenters. The standard InChI is InChI=1S/C24H26FNO2/c1-2-27-24-16-20(17-26-15-14-21-10-6-7-11-22(21)25)12-13-23(24)28-18-19-8-4-3-5-9-19/h3-13,16,26H,2,14-15,17-18H2,1H3. The van der Waals surface area contributed by atoms with E-state index in [1.807, 2.05) is 67.6 Å².